The van der Waals surface area contributed by atoms with Crippen molar-refractivity contribution in [3.8, 4) is 11.6 Å². The summed E-state index contributed by atoms with van der Waals surface area (Å²) >= 11 is 1.20. The molecule has 1 amide bonds. The second kappa shape index (κ2) is 8.00. The predicted molar refractivity (Wildman–Crippen MR) is 108 cm³/mol. The highest BCUT2D eigenvalue weighted by Gasteiger charge is 2.20. The van der Waals surface area contributed by atoms with Crippen molar-refractivity contribution in [1.82, 2.24) is 9.97 Å². The molecule has 5 nitrogen and oxygen atoms in total. The number of benzene rings is 2. The van der Waals surface area contributed by atoms with Crippen molar-refractivity contribution in [2.45, 2.75) is 17.2 Å². The first kappa shape index (κ1) is 19.1. The normalized spacial score (nSPS) is 12.1. The fourth-order valence-corrected chi connectivity index (χ4v) is 3.64. The molecule has 4 rings (SSSR count). The predicted octanol–water partition coefficient (Wildman–Crippen LogP) is 5.29. The molecule has 1 N–H and O–H groups in total. The van der Waals surface area contributed by atoms with E-state index in [9.17, 15) is 13.6 Å². The second-order valence-corrected chi connectivity index (χ2v) is 7.55. The molecule has 0 fully saturated rings. The van der Waals surface area contributed by atoms with Crippen LogP contribution in [-0.2, 0) is 4.79 Å². The van der Waals surface area contributed by atoms with E-state index in [0.29, 0.717) is 22.1 Å². The number of aromatic nitrogens is 2. The Morgan fingerprint density at radius 3 is 2.72 bits per heavy atom. The maximum absolute atomic E-state index is 13.8. The van der Waals surface area contributed by atoms with Crippen LogP contribution in [0.25, 0.3) is 22.5 Å². The first-order valence-corrected chi connectivity index (χ1v) is 9.62. The molecule has 1 unspecified atom stereocenters. The number of amides is 1. The van der Waals surface area contributed by atoms with Crippen LogP contribution in [0.1, 0.15) is 6.92 Å². The first-order chi connectivity index (χ1) is 14.0. The quantitative estimate of drug-likeness (QED) is 0.357. The van der Waals surface area contributed by atoms with E-state index in [1.165, 1.54) is 18.0 Å². The Kier molecular flexibility index (Phi) is 5.26. The fraction of sp³-hybridized carbons (Fsp3) is 0.0952. The lowest BCUT2D eigenvalue weighted by atomic mass is 10.2. The maximum Gasteiger partial charge on any atom is 0.237 e. The van der Waals surface area contributed by atoms with Gasteiger partial charge in [0.15, 0.2) is 11.6 Å². The van der Waals surface area contributed by atoms with Gasteiger partial charge in [-0.2, -0.15) is 0 Å². The highest BCUT2D eigenvalue weighted by atomic mass is 32.2. The standard InChI is InChI=1S/C21H15F2N3O2S/c1-12(20(27)25-17-11-13(22)8-9-15(17)23)29-21-14-5-2-3-6-16(14)24-19(26-21)18-7-4-10-28-18/h2-12H,1H3,(H,25,27). The molecule has 8 heteroatoms. The topological polar surface area (TPSA) is 68.0 Å². The molecule has 2 heterocycles. The smallest absolute Gasteiger partial charge is 0.237 e. The third-order valence-electron chi connectivity index (χ3n) is 4.15. The van der Waals surface area contributed by atoms with Gasteiger partial charge >= 0.3 is 0 Å². The van der Waals surface area contributed by atoms with Gasteiger partial charge in [-0.3, -0.25) is 4.79 Å². The second-order valence-electron chi connectivity index (χ2n) is 6.22. The molecule has 0 saturated heterocycles. The number of nitrogens with one attached hydrogen (secondary N) is 1. The summed E-state index contributed by atoms with van der Waals surface area (Å²) in [5.74, 6) is -0.894. The Hall–Kier alpha value is -3.26. The van der Waals surface area contributed by atoms with Crippen molar-refractivity contribution in [3.05, 3.63) is 72.5 Å². The molecular weight excluding hydrogens is 396 g/mol. The van der Waals surface area contributed by atoms with Crippen LogP contribution in [0.15, 0.2) is 70.3 Å². The van der Waals surface area contributed by atoms with Gasteiger partial charge in [-0.25, -0.2) is 18.7 Å². The Labute approximate surface area is 169 Å². The van der Waals surface area contributed by atoms with Gasteiger partial charge < -0.3 is 9.73 Å². The van der Waals surface area contributed by atoms with Gasteiger partial charge in [-0.1, -0.05) is 30.0 Å². The van der Waals surface area contributed by atoms with Crippen LogP contribution in [0.4, 0.5) is 14.5 Å². The summed E-state index contributed by atoms with van der Waals surface area (Å²) in [5.41, 5.74) is 0.506. The number of nitrogens with zero attached hydrogens (tertiary/aromatic N) is 2. The van der Waals surface area contributed by atoms with E-state index in [2.05, 4.69) is 15.3 Å². The lowest BCUT2D eigenvalue weighted by Crippen LogP contribution is -2.23. The van der Waals surface area contributed by atoms with Crippen molar-refractivity contribution in [3.63, 3.8) is 0 Å². The highest BCUT2D eigenvalue weighted by molar-refractivity contribution is 8.00. The molecule has 4 aromatic rings. The lowest BCUT2D eigenvalue weighted by Gasteiger charge is -2.14. The van der Waals surface area contributed by atoms with Gasteiger partial charge in [0, 0.05) is 11.5 Å². The zero-order valence-corrected chi connectivity index (χ0v) is 16.0. The molecule has 0 spiro atoms. The molecule has 0 aliphatic carbocycles. The highest BCUT2D eigenvalue weighted by Crippen LogP contribution is 2.31. The summed E-state index contributed by atoms with van der Waals surface area (Å²) < 4.78 is 32.6. The lowest BCUT2D eigenvalue weighted by molar-refractivity contribution is -0.115. The van der Waals surface area contributed by atoms with Gasteiger partial charge in [0.05, 0.1) is 22.7 Å². The molecular formula is C21H15F2N3O2S. The minimum absolute atomic E-state index is 0.203. The van der Waals surface area contributed by atoms with E-state index >= 15 is 0 Å². The number of carbonyl (C=O) groups is 1. The maximum atomic E-state index is 13.8. The van der Waals surface area contributed by atoms with Crippen molar-refractivity contribution in [2.75, 3.05) is 5.32 Å². The molecule has 0 saturated carbocycles. The van der Waals surface area contributed by atoms with Crippen LogP contribution in [0.3, 0.4) is 0 Å². The van der Waals surface area contributed by atoms with Crippen LogP contribution < -0.4 is 5.32 Å². The van der Waals surface area contributed by atoms with Crippen molar-refractivity contribution in [1.29, 1.82) is 0 Å². The minimum atomic E-state index is -0.704. The first-order valence-electron chi connectivity index (χ1n) is 8.74. The zero-order chi connectivity index (χ0) is 20.4. The molecule has 2 aromatic carbocycles. The summed E-state index contributed by atoms with van der Waals surface area (Å²) in [4.78, 5) is 21.6. The van der Waals surface area contributed by atoms with E-state index < -0.39 is 22.8 Å². The molecule has 2 aromatic heterocycles. The van der Waals surface area contributed by atoms with Gasteiger partial charge in [0.2, 0.25) is 5.91 Å². The van der Waals surface area contributed by atoms with Gasteiger partial charge in [0.1, 0.15) is 16.7 Å². The largest absolute Gasteiger partial charge is 0.461 e. The average molecular weight is 411 g/mol. The number of halogens is 2. The number of furan rings is 1. The van der Waals surface area contributed by atoms with E-state index in [4.69, 9.17) is 4.42 Å². The summed E-state index contributed by atoms with van der Waals surface area (Å²) in [6.45, 7) is 1.67. The van der Waals surface area contributed by atoms with Crippen LogP contribution in [0.5, 0.6) is 0 Å². The number of para-hydroxylation sites is 1. The number of hydrogen-bond acceptors (Lipinski definition) is 5. The van der Waals surface area contributed by atoms with Crippen molar-refractivity contribution < 1.29 is 18.0 Å². The Balaban J connectivity index is 1.62. The van der Waals surface area contributed by atoms with Crippen LogP contribution in [-0.4, -0.2) is 21.1 Å². The number of thioether (sulfide) groups is 1. The fourth-order valence-electron chi connectivity index (χ4n) is 2.70. The summed E-state index contributed by atoms with van der Waals surface area (Å²) in [6.07, 6.45) is 1.53. The number of fused-ring (bicyclic) bond motifs is 1. The number of carbonyl (C=O) groups excluding carboxylic acids is 1. The van der Waals surface area contributed by atoms with E-state index in [-0.39, 0.29) is 5.69 Å². The molecule has 0 aliphatic heterocycles. The SMILES string of the molecule is CC(Sc1nc(-c2ccco2)nc2ccccc12)C(=O)Nc1cc(F)ccc1F. The van der Waals surface area contributed by atoms with Gasteiger partial charge in [-0.15, -0.1) is 0 Å². The van der Waals surface area contributed by atoms with Crippen molar-refractivity contribution in [2.24, 2.45) is 0 Å². The number of anilines is 1. The van der Waals surface area contributed by atoms with E-state index in [0.717, 1.165) is 23.6 Å². The van der Waals surface area contributed by atoms with E-state index in [1.54, 1.807) is 19.1 Å². The summed E-state index contributed by atoms with van der Waals surface area (Å²) in [5, 5.41) is 3.17. The number of rotatable bonds is 5. The Morgan fingerprint density at radius 2 is 1.93 bits per heavy atom. The molecule has 0 aliphatic rings. The Morgan fingerprint density at radius 1 is 1.10 bits per heavy atom. The molecule has 1 atom stereocenters. The van der Waals surface area contributed by atoms with Gasteiger partial charge in [0.25, 0.3) is 0 Å². The van der Waals surface area contributed by atoms with Crippen LogP contribution in [0, 0.1) is 11.6 Å². The van der Waals surface area contributed by atoms with Gasteiger partial charge in [-0.05, 0) is 37.3 Å². The van der Waals surface area contributed by atoms with Crippen molar-refractivity contribution >= 4 is 34.3 Å². The zero-order valence-electron chi connectivity index (χ0n) is 15.2. The molecule has 0 radical (unpaired) electrons. The molecule has 0 bridgehead atoms. The monoisotopic (exact) mass is 411 g/mol. The third-order valence-corrected chi connectivity index (χ3v) is 5.26. The summed E-state index contributed by atoms with van der Waals surface area (Å²) in [6, 6.07) is 13.8. The Bertz CT molecular complexity index is 1180. The van der Waals surface area contributed by atoms with E-state index in [1.807, 2.05) is 24.3 Å². The minimum Gasteiger partial charge on any atom is -0.461 e. The number of hydrogen-bond donors (Lipinski definition) is 1. The average Bonchev–Trinajstić information content (AvgIpc) is 3.25. The molecule has 29 heavy (non-hydrogen) atoms. The molecule has 146 valence electrons. The summed E-state index contributed by atoms with van der Waals surface area (Å²) in [7, 11) is 0. The van der Waals surface area contributed by atoms with Crippen LogP contribution in [0.2, 0.25) is 0 Å². The van der Waals surface area contributed by atoms with Crippen LogP contribution >= 0.6 is 11.8 Å². The third kappa shape index (κ3) is 4.12.